The van der Waals surface area contributed by atoms with Crippen LogP contribution >= 0.6 is 11.6 Å². The summed E-state index contributed by atoms with van der Waals surface area (Å²) in [5.41, 5.74) is -0.146. The number of rotatable bonds is 5. The molecule has 0 fully saturated rings. The van der Waals surface area contributed by atoms with E-state index >= 15 is 0 Å². The van der Waals surface area contributed by atoms with E-state index in [0.29, 0.717) is 11.7 Å². The molecule has 4 heteroatoms. The van der Waals surface area contributed by atoms with Crippen molar-refractivity contribution < 1.29 is 4.39 Å². The Labute approximate surface area is 94.9 Å². The highest BCUT2D eigenvalue weighted by molar-refractivity contribution is 6.18. The quantitative estimate of drug-likeness (QED) is 0.784. The Morgan fingerprint density at radius 1 is 1.40 bits per heavy atom. The standard InChI is InChI=1S/C11H16ClFN2/c1-3-11(4-2,8-12)15-10-6-5-9(13)7-14-10/h5-7H,3-4,8H2,1-2H3,(H,14,15). The van der Waals surface area contributed by atoms with Crippen LogP contribution in [0.25, 0.3) is 0 Å². The van der Waals surface area contributed by atoms with Crippen molar-refractivity contribution in [1.82, 2.24) is 4.98 Å². The van der Waals surface area contributed by atoms with Gasteiger partial charge in [-0.1, -0.05) is 13.8 Å². The van der Waals surface area contributed by atoms with Crippen molar-refractivity contribution in [3.05, 3.63) is 24.1 Å². The summed E-state index contributed by atoms with van der Waals surface area (Å²) in [6.45, 7) is 4.14. The van der Waals surface area contributed by atoms with Crippen LogP contribution in [0, 0.1) is 5.82 Å². The van der Waals surface area contributed by atoms with Crippen LogP contribution in [0.2, 0.25) is 0 Å². The normalized spacial score (nSPS) is 11.5. The third-order valence-corrected chi connectivity index (χ3v) is 3.24. The van der Waals surface area contributed by atoms with Gasteiger partial charge < -0.3 is 5.32 Å². The first-order valence-electron chi connectivity index (χ1n) is 5.11. The minimum atomic E-state index is -0.329. The molecule has 0 amide bonds. The first-order valence-corrected chi connectivity index (χ1v) is 5.65. The summed E-state index contributed by atoms with van der Waals surface area (Å²) in [4.78, 5) is 3.96. The molecule has 0 spiro atoms. The molecule has 0 aliphatic rings. The fraction of sp³-hybridized carbons (Fsp3) is 0.545. The second kappa shape index (κ2) is 5.31. The molecule has 15 heavy (non-hydrogen) atoms. The Morgan fingerprint density at radius 3 is 2.47 bits per heavy atom. The second-order valence-corrected chi connectivity index (χ2v) is 3.87. The number of pyridine rings is 1. The molecule has 0 atom stereocenters. The molecular formula is C11H16ClFN2. The first kappa shape index (κ1) is 12.2. The van der Waals surface area contributed by atoms with Crippen molar-refractivity contribution in [3.8, 4) is 0 Å². The fourth-order valence-corrected chi connectivity index (χ4v) is 1.82. The van der Waals surface area contributed by atoms with E-state index in [1.165, 1.54) is 12.3 Å². The summed E-state index contributed by atoms with van der Waals surface area (Å²) in [5.74, 6) is 0.852. The molecular weight excluding hydrogens is 215 g/mol. The van der Waals surface area contributed by atoms with Gasteiger partial charge in [0.25, 0.3) is 0 Å². The lowest BCUT2D eigenvalue weighted by atomic mass is 9.95. The average Bonchev–Trinajstić information content (AvgIpc) is 2.29. The lowest BCUT2D eigenvalue weighted by Gasteiger charge is -2.31. The average molecular weight is 231 g/mol. The molecule has 0 bridgehead atoms. The van der Waals surface area contributed by atoms with Crippen LogP contribution in [0.3, 0.4) is 0 Å². The number of anilines is 1. The van der Waals surface area contributed by atoms with Crippen LogP contribution in [0.5, 0.6) is 0 Å². The number of nitrogens with zero attached hydrogens (tertiary/aromatic N) is 1. The predicted molar refractivity (Wildman–Crippen MR) is 61.9 cm³/mol. The van der Waals surface area contributed by atoms with E-state index in [2.05, 4.69) is 24.1 Å². The summed E-state index contributed by atoms with van der Waals surface area (Å²) in [7, 11) is 0. The summed E-state index contributed by atoms with van der Waals surface area (Å²) in [6.07, 6.45) is 3.02. The minimum Gasteiger partial charge on any atom is -0.363 e. The molecule has 0 aliphatic carbocycles. The van der Waals surface area contributed by atoms with E-state index in [9.17, 15) is 4.39 Å². The molecule has 84 valence electrons. The van der Waals surface area contributed by atoms with Crippen molar-refractivity contribution in [3.63, 3.8) is 0 Å². The van der Waals surface area contributed by atoms with E-state index < -0.39 is 0 Å². The third-order valence-electron chi connectivity index (χ3n) is 2.73. The van der Waals surface area contributed by atoms with E-state index in [4.69, 9.17) is 11.6 Å². The monoisotopic (exact) mass is 230 g/mol. The number of hydrogen-bond acceptors (Lipinski definition) is 2. The molecule has 1 rings (SSSR count). The molecule has 0 aliphatic heterocycles. The van der Waals surface area contributed by atoms with Gasteiger partial charge in [0.05, 0.1) is 11.7 Å². The number of nitrogens with one attached hydrogen (secondary N) is 1. The van der Waals surface area contributed by atoms with Gasteiger partial charge in [0.2, 0.25) is 0 Å². The van der Waals surface area contributed by atoms with E-state index in [0.717, 1.165) is 12.8 Å². The maximum atomic E-state index is 12.6. The number of hydrogen-bond donors (Lipinski definition) is 1. The fourth-order valence-electron chi connectivity index (χ4n) is 1.37. The molecule has 0 saturated carbocycles. The molecule has 0 radical (unpaired) electrons. The molecule has 1 aromatic rings. The van der Waals surface area contributed by atoms with Gasteiger partial charge in [-0.2, -0.15) is 0 Å². The highest BCUT2D eigenvalue weighted by atomic mass is 35.5. The number of halogens is 2. The van der Waals surface area contributed by atoms with E-state index in [-0.39, 0.29) is 11.4 Å². The van der Waals surface area contributed by atoms with Gasteiger partial charge in [0, 0.05) is 5.88 Å². The third kappa shape index (κ3) is 3.06. The van der Waals surface area contributed by atoms with Gasteiger partial charge in [-0.15, -0.1) is 11.6 Å². The Morgan fingerprint density at radius 2 is 2.07 bits per heavy atom. The van der Waals surface area contributed by atoms with Gasteiger partial charge in [0.1, 0.15) is 11.6 Å². The Bertz CT molecular complexity index is 288. The Hall–Kier alpha value is -0.830. The maximum Gasteiger partial charge on any atom is 0.141 e. The predicted octanol–water partition coefficient (Wildman–Crippen LogP) is 3.43. The largest absolute Gasteiger partial charge is 0.363 e. The van der Waals surface area contributed by atoms with Crippen LogP contribution in [0.15, 0.2) is 18.3 Å². The van der Waals surface area contributed by atoms with E-state index in [1.807, 2.05) is 0 Å². The molecule has 1 aromatic heterocycles. The number of aromatic nitrogens is 1. The van der Waals surface area contributed by atoms with Crippen molar-refractivity contribution in [2.75, 3.05) is 11.2 Å². The molecule has 0 saturated heterocycles. The van der Waals surface area contributed by atoms with Crippen molar-refractivity contribution in [2.24, 2.45) is 0 Å². The SMILES string of the molecule is CCC(CC)(CCl)Nc1ccc(F)cn1. The van der Waals surface area contributed by atoms with Crippen LogP contribution in [-0.4, -0.2) is 16.4 Å². The molecule has 2 nitrogen and oxygen atoms in total. The lowest BCUT2D eigenvalue weighted by molar-refractivity contribution is 0.482. The van der Waals surface area contributed by atoms with Gasteiger partial charge in [-0.25, -0.2) is 9.37 Å². The Balaban J connectivity index is 2.78. The molecule has 1 heterocycles. The lowest BCUT2D eigenvalue weighted by Crippen LogP contribution is -2.39. The summed E-state index contributed by atoms with van der Waals surface area (Å²) in [6, 6.07) is 3.02. The van der Waals surface area contributed by atoms with Crippen LogP contribution in [-0.2, 0) is 0 Å². The smallest absolute Gasteiger partial charge is 0.141 e. The van der Waals surface area contributed by atoms with Gasteiger partial charge in [-0.05, 0) is 25.0 Å². The summed E-state index contributed by atoms with van der Waals surface area (Å²) >= 11 is 5.94. The van der Waals surface area contributed by atoms with Crippen LogP contribution < -0.4 is 5.32 Å². The zero-order chi connectivity index (χ0) is 11.3. The molecule has 1 N–H and O–H groups in total. The van der Waals surface area contributed by atoms with Gasteiger partial charge in [-0.3, -0.25) is 0 Å². The van der Waals surface area contributed by atoms with Gasteiger partial charge in [0.15, 0.2) is 0 Å². The second-order valence-electron chi connectivity index (χ2n) is 3.61. The highest BCUT2D eigenvalue weighted by Crippen LogP contribution is 2.22. The summed E-state index contributed by atoms with van der Waals surface area (Å²) < 4.78 is 12.6. The number of alkyl halides is 1. The first-order chi connectivity index (χ1) is 7.15. The zero-order valence-electron chi connectivity index (χ0n) is 9.06. The van der Waals surface area contributed by atoms with Gasteiger partial charge >= 0.3 is 0 Å². The van der Waals surface area contributed by atoms with Crippen LogP contribution in [0.4, 0.5) is 10.2 Å². The minimum absolute atomic E-state index is 0.146. The Kier molecular flexibility index (Phi) is 4.33. The zero-order valence-corrected chi connectivity index (χ0v) is 9.81. The summed E-state index contributed by atoms with van der Waals surface area (Å²) in [5, 5.41) is 3.26. The topological polar surface area (TPSA) is 24.9 Å². The van der Waals surface area contributed by atoms with Crippen molar-refractivity contribution in [2.45, 2.75) is 32.2 Å². The maximum absolute atomic E-state index is 12.6. The van der Waals surface area contributed by atoms with Crippen molar-refractivity contribution in [1.29, 1.82) is 0 Å². The highest BCUT2D eigenvalue weighted by Gasteiger charge is 2.24. The van der Waals surface area contributed by atoms with Crippen LogP contribution in [0.1, 0.15) is 26.7 Å². The molecule has 0 aromatic carbocycles. The van der Waals surface area contributed by atoms with Crippen molar-refractivity contribution >= 4 is 17.4 Å². The molecule has 0 unspecified atom stereocenters. The van der Waals surface area contributed by atoms with E-state index in [1.54, 1.807) is 6.07 Å².